The highest BCUT2D eigenvalue weighted by Gasteiger charge is 2.72. The van der Waals surface area contributed by atoms with Gasteiger partial charge in [0.05, 0.1) is 27.4 Å². The lowest BCUT2D eigenvalue weighted by atomic mass is 9.87. The Kier molecular flexibility index (Phi) is 4.92. The molecule has 0 saturated heterocycles. The van der Waals surface area contributed by atoms with E-state index in [0.29, 0.717) is 17.1 Å². The topological polar surface area (TPSA) is 65.0 Å². The molecule has 2 aromatic rings. The van der Waals surface area contributed by atoms with Crippen LogP contribution >= 0.6 is 0 Å². The summed E-state index contributed by atoms with van der Waals surface area (Å²) in [5.41, 5.74) is 0.596. The third kappa shape index (κ3) is 2.63. The van der Waals surface area contributed by atoms with Crippen molar-refractivity contribution in [3.05, 3.63) is 59.7 Å². The lowest BCUT2D eigenvalue weighted by Gasteiger charge is -2.23. The number of carbonyl (C=O) groups is 1. The van der Waals surface area contributed by atoms with E-state index in [1.807, 2.05) is 37.3 Å². The van der Waals surface area contributed by atoms with Crippen molar-refractivity contribution in [2.45, 2.75) is 18.9 Å². The van der Waals surface area contributed by atoms with Gasteiger partial charge in [-0.15, -0.1) is 0 Å². The van der Waals surface area contributed by atoms with E-state index in [-0.39, 0.29) is 11.8 Å². The average Bonchev–Trinajstić information content (AvgIpc) is 3.32. The summed E-state index contributed by atoms with van der Waals surface area (Å²) in [4.78, 5) is 12.7. The Morgan fingerprint density at radius 2 is 1.69 bits per heavy atom. The summed E-state index contributed by atoms with van der Waals surface area (Å²) in [5.74, 6) is 0.508. The van der Waals surface area contributed by atoms with Crippen molar-refractivity contribution in [3.63, 3.8) is 0 Å². The molecule has 0 aliphatic heterocycles. The monoisotopic (exact) mass is 356 g/mol. The molecular weight excluding hydrogens is 332 g/mol. The Bertz CT molecular complexity index is 788. The summed E-state index contributed by atoms with van der Waals surface area (Å²) < 4.78 is 15.7. The molecule has 4 atom stereocenters. The fraction of sp³-hybridized carbons (Fsp3) is 0.381. The predicted molar refractivity (Wildman–Crippen MR) is 97.3 cm³/mol. The molecule has 5 heteroatoms. The van der Waals surface area contributed by atoms with Gasteiger partial charge in [0.1, 0.15) is 5.41 Å². The number of rotatable bonds is 6. The van der Waals surface area contributed by atoms with Gasteiger partial charge >= 0.3 is 5.97 Å². The molecule has 0 aromatic heterocycles. The predicted octanol–water partition coefficient (Wildman–Crippen LogP) is 3.33. The van der Waals surface area contributed by atoms with Crippen molar-refractivity contribution in [3.8, 4) is 11.5 Å². The second-order valence-electron chi connectivity index (χ2n) is 6.62. The number of benzene rings is 2. The van der Waals surface area contributed by atoms with E-state index in [1.54, 1.807) is 25.3 Å². The van der Waals surface area contributed by atoms with Crippen LogP contribution in [0.4, 0.5) is 0 Å². The van der Waals surface area contributed by atoms with Crippen LogP contribution in [-0.4, -0.2) is 32.4 Å². The van der Waals surface area contributed by atoms with Gasteiger partial charge in [-0.3, -0.25) is 4.79 Å². The number of ether oxygens (including phenoxy) is 3. The SMILES string of the molecule is COC(=O)C1(C(O)c2ccc(OC)c(OC)c2)[C@H](C)[C@H]1c1ccccc1. The molecule has 0 radical (unpaired) electrons. The largest absolute Gasteiger partial charge is 0.493 e. The third-order valence-electron chi connectivity index (χ3n) is 5.53. The van der Waals surface area contributed by atoms with Gasteiger partial charge in [-0.05, 0) is 29.2 Å². The molecule has 0 spiro atoms. The molecular formula is C21H24O5. The Labute approximate surface area is 153 Å². The zero-order valence-electron chi connectivity index (χ0n) is 15.4. The van der Waals surface area contributed by atoms with Crippen molar-refractivity contribution in [2.75, 3.05) is 21.3 Å². The first-order valence-electron chi connectivity index (χ1n) is 8.55. The minimum absolute atomic E-state index is 0.0551. The van der Waals surface area contributed by atoms with Crippen LogP contribution in [-0.2, 0) is 9.53 Å². The maximum absolute atomic E-state index is 12.7. The Balaban J connectivity index is 2.03. The van der Waals surface area contributed by atoms with Gasteiger partial charge in [0.15, 0.2) is 11.5 Å². The van der Waals surface area contributed by atoms with Gasteiger partial charge in [0, 0.05) is 5.92 Å². The Morgan fingerprint density at radius 3 is 2.27 bits per heavy atom. The van der Waals surface area contributed by atoms with Gasteiger partial charge in [-0.2, -0.15) is 0 Å². The van der Waals surface area contributed by atoms with E-state index in [9.17, 15) is 9.90 Å². The lowest BCUT2D eigenvalue weighted by molar-refractivity contribution is -0.153. The van der Waals surface area contributed by atoms with Crippen molar-refractivity contribution in [2.24, 2.45) is 11.3 Å². The molecule has 1 aliphatic carbocycles. The Hall–Kier alpha value is -2.53. The average molecular weight is 356 g/mol. The summed E-state index contributed by atoms with van der Waals surface area (Å²) in [6.07, 6.45) is -1.02. The third-order valence-corrected chi connectivity index (χ3v) is 5.53. The van der Waals surface area contributed by atoms with E-state index in [4.69, 9.17) is 14.2 Å². The molecule has 1 saturated carbocycles. The summed E-state index contributed by atoms with van der Waals surface area (Å²) in [7, 11) is 4.45. The second-order valence-corrected chi connectivity index (χ2v) is 6.62. The first kappa shape index (κ1) is 18.3. The van der Waals surface area contributed by atoms with E-state index in [1.165, 1.54) is 14.2 Å². The van der Waals surface area contributed by atoms with Crippen LogP contribution in [0.1, 0.15) is 30.1 Å². The molecule has 138 valence electrons. The normalized spacial score (nSPS) is 25.3. The first-order chi connectivity index (χ1) is 12.5. The van der Waals surface area contributed by atoms with Gasteiger partial charge in [-0.1, -0.05) is 43.3 Å². The molecule has 26 heavy (non-hydrogen) atoms. The summed E-state index contributed by atoms with van der Waals surface area (Å²) in [5, 5.41) is 11.2. The lowest BCUT2D eigenvalue weighted by Crippen LogP contribution is -2.28. The number of aliphatic hydroxyl groups is 1. The zero-order chi connectivity index (χ0) is 18.9. The number of hydrogen-bond acceptors (Lipinski definition) is 5. The van der Waals surface area contributed by atoms with Crippen molar-refractivity contribution >= 4 is 5.97 Å². The van der Waals surface area contributed by atoms with Crippen LogP contribution in [0.5, 0.6) is 11.5 Å². The van der Waals surface area contributed by atoms with E-state index in [2.05, 4.69) is 0 Å². The van der Waals surface area contributed by atoms with Crippen LogP contribution in [0.3, 0.4) is 0 Å². The van der Waals surface area contributed by atoms with E-state index < -0.39 is 17.5 Å². The quantitative estimate of drug-likeness (QED) is 0.804. The van der Waals surface area contributed by atoms with E-state index >= 15 is 0 Å². The minimum Gasteiger partial charge on any atom is -0.493 e. The molecule has 5 nitrogen and oxygen atoms in total. The van der Waals surface area contributed by atoms with Crippen LogP contribution in [0.2, 0.25) is 0 Å². The number of carbonyl (C=O) groups excluding carboxylic acids is 1. The molecule has 1 N–H and O–H groups in total. The second kappa shape index (κ2) is 7.00. The van der Waals surface area contributed by atoms with Crippen molar-refractivity contribution in [1.82, 2.24) is 0 Å². The maximum Gasteiger partial charge on any atom is 0.315 e. The van der Waals surface area contributed by atoms with Gasteiger partial charge in [0.25, 0.3) is 0 Å². The Morgan fingerprint density at radius 1 is 1.04 bits per heavy atom. The fourth-order valence-electron chi connectivity index (χ4n) is 4.13. The molecule has 1 fully saturated rings. The van der Waals surface area contributed by atoms with Crippen LogP contribution in [0.25, 0.3) is 0 Å². The molecule has 2 unspecified atom stereocenters. The molecule has 0 amide bonds. The van der Waals surface area contributed by atoms with E-state index in [0.717, 1.165) is 5.56 Å². The van der Waals surface area contributed by atoms with Crippen molar-refractivity contribution in [1.29, 1.82) is 0 Å². The van der Waals surface area contributed by atoms with Crippen molar-refractivity contribution < 1.29 is 24.1 Å². The molecule has 3 rings (SSSR count). The molecule has 2 aromatic carbocycles. The molecule has 0 heterocycles. The van der Waals surface area contributed by atoms with Crippen LogP contribution < -0.4 is 9.47 Å². The maximum atomic E-state index is 12.7. The van der Waals surface area contributed by atoms with Crippen LogP contribution in [0, 0.1) is 11.3 Å². The summed E-state index contributed by atoms with van der Waals surface area (Å²) >= 11 is 0. The first-order valence-corrected chi connectivity index (χ1v) is 8.55. The van der Waals surface area contributed by atoms with Crippen LogP contribution in [0.15, 0.2) is 48.5 Å². The number of hydrogen-bond donors (Lipinski definition) is 1. The summed E-state index contributed by atoms with van der Waals surface area (Å²) in [6.45, 7) is 1.97. The highest BCUT2D eigenvalue weighted by Crippen LogP contribution is 2.70. The van der Waals surface area contributed by atoms with Gasteiger partial charge in [-0.25, -0.2) is 0 Å². The number of esters is 1. The molecule has 0 bridgehead atoms. The summed E-state index contributed by atoms with van der Waals surface area (Å²) in [6, 6.07) is 15.0. The highest BCUT2D eigenvalue weighted by atomic mass is 16.5. The molecule has 1 aliphatic rings. The number of aliphatic hydroxyl groups excluding tert-OH is 1. The van der Waals surface area contributed by atoms with Gasteiger partial charge < -0.3 is 19.3 Å². The van der Waals surface area contributed by atoms with Gasteiger partial charge in [0.2, 0.25) is 0 Å². The zero-order valence-corrected chi connectivity index (χ0v) is 15.4. The highest BCUT2D eigenvalue weighted by molar-refractivity contribution is 5.84. The number of methoxy groups -OCH3 is 3. The smallest absolute Gasteiger partial charge is 0.315 e. The fourth-order valence-corrected chi connectivity index (χ4v) is 4.13. The standard InChI is InChI=1S/C21H24O5/c1-13-18(14-8-6-5-7-9-14)21(13,20(23)26-4)19(22)15-10-11-16(24-2)17(12-15)25-3/h5-13,18-19,22H,1-4H3/t13-,18+,19?,21?/m1/s1. The minimum atomic E-state index is -1.02.